The second-order valence-electron chi connectivity index (χ2n) is 7.59. The third-order valence-electron chi connectivity index (χ3n) is 5.63. The molecule has 0 spiro atoms. The van der Waals surface area contributed by atoms with Crippen LogP contribution in [0.1, 0.15) is 27.2 Å². The minimum Gasteiger partial charge on any atom is -0.476 e. The van der Waals surface area contributed by atoms with Crippen molar-refractivity contribution in [1.82, 2.24) is 4.98 Å². The average Bonchev–Trinajstić information content (AvgIpc) is 2.83. The van der Waals surface area contributed by atoms with Crippen molar-refractivity contribution in [1.29, 1.82) is 0 Å². The first kappa shape index (κ1) is 21.2. The number of hydrogen-bond acceptors (Lipinski definition) is 7. The molecule has 0 atom stereocenters. The van der Waals surface area contributed by atoms with Crippen molar-refractivity contribution in [2.75, 3.05) is 17.2 Å². The number of anilines is 2. The smallest absolute Gasteiger partial charge is 0.355 e. The van der Waals surface area contributed by atoms with Gasteiger partial charge in [0, 0.05) is 31.2 Å². The predicted molar refractivity (Wildman–Crippen MR) is 124 cm³/mol. The van der Waals surface area contributed by atoms with Gasteiger partial charge >= 0.3 is 5.97 Å². The van der Waals surface area contributed by atoms with E-state index in [4.69, 9.17) is 16.6 Å². The molecule has 0 fully saturated rings. The Morgan fingerprint density at radius 2 is 1.84 bits per heavy atom. The number of aromatic nitrogens is 1. The number of rotatable bonds is 3. The Labute approximate surface area is 183 Å². The van der Waals surface area contributed by atoms with Gasteiger partial charge in [-0.05, 0) is 34.6 Å². The SMILES string of the molecule is NCc1ccc2c(c1)CN(c1c(N)c(=O)c1=O)CC2.O=C(O)c1nccc2ccccc12. The maximum absolute atomic E-state index is 11.6. The highest BCUT2D eigenvalue weighted by atomic mass is 16.4. The summed E-state index contributed by atoms with van der Waals surface area (Å²) in [7, 11) is 0. The van der Waals surface area contributed by atoms with Crippen molar-refractivity contribution < 1.29 is 9.90 Å². The number of pyridine rings is 1. The van der Waals surface area contributed by atoms with Crippen molar-refractivity contribution in [3.8, 4) is 0 Å². The topological polar surface area (TPSA) is 140 Å². The first-order chi connectivity index (χ1) is 15.4. The van der Waals surface area contributed by atoms with Crippen LogP contribution < -0.4 is 27.2 Å². The largest absolute Gasteiger partial charge is 0.476 e. The number of carbonyl (C=O) groups is 1. The number of nitrogens with two attached hydrogens (primary N) is 2. The van der Waals surface area contributed by atoms with E-state index in [0.29, 0.717) is 30.7 Å². The molecule has 5 rings (SSSR count). The quantitative estimate of drug-likeness (QED) is 0.418. The van der Waals surface area contributed by atoms with Gasteiger partial charge in [0.25, 0.3) is 10.9 Å². The molecule has 1 aromatic heterocycles. The maximum Gasteiger partial charge on any atom is 0.355 e. The molecule has 1 aliphatic rings. The summed E-state index contributed by atoms with van der Waals surface area (Å²) in [5.41, 5.74) is 14.3. The normalized spacial score (nSPS) is 12.8. The van der Waals surface area contributed by atoms with E-state index in [2.05, 4.69) is 17.1 Å². The van der Waals surface area contributed by atoms with Gasteiger partial charge in [-0.3, -0.25) is 9.59 Å². The molecule has 0 aliphatic carbocycles. The average molecular weight is 430 g/mol. The van der Waals surface area contributed by atoms with Gasteiger partial charge in [0.2, 0.25) is 0 Å². The van der Waals surface area contributed by atoms with Crippen LogP contribution in [0.4, 0.5) is 11.4 Å². The highest BCUT2D eigenvalue weighted by Crippen LogP contribution is 2.26. The molecule has 1 aliphatic heterocycles. The van der Waals surface area contributed by atoms with Crippen LogP contribution in [0.3, 0.4) is 0 Å². The van der Waals surface area contributed by atoms with Gasteiger partial charge in [0.05, 0.1) is 0 Å². The Morgan fingerprint density at radius 3 is 2.56 bits per heavy atom. The summed E-state index contributed by atoms with van der Waals surface area (Å²) in [4.78, 5) is 39.2. The Balaban J connectivity index is 0.000000165. The highest BCUT2D eigenvalue weighted by molar-refractivity contribution is 6.01. The molecule has 8 nitrogen and oxygen atoms in total. The maximum atomic E-state index is 11.6. The third kappa shape index (κ3) is 3.83. The molecule has 8 heteroatoms. The first-order valence-electron chi connectivity index (χ1n) is 10.1. The molecule has 0 saturated heterocycles. The van der Waals surface area contributed by atoms with Gasteiger partial charge < -0.3 is 21.5 Å². The Hall–Kier alpha value is -4.04. The number of nitrogen functional groups attached to an aromatic ring is 1. The molecular formula is C24H22N4O4. The second kappa shape index (κ2) is 8.60. The Bertz CT molecular complexity index is 1380. The fourth-order valence-corrected chi connectivity index (χ4v) is 3.93. The van der Waals surface area contributed by atoms with E-state index in [0.717, 1.165) is 22.9 Å². The molecule has 0 amide bonds. The van der Waals surface area contributed by atoms with Crippen LogP contribution in [0.15, 0.2) is 64.3 Å². The van der Waals surface area contributed by atoms with Crippen molar-refractivity contribution in [3.05, 3.63) is 97.6 Å². The van der Waals surface area contributed by atoms with E-state index >= 15 is 0 Å². The van der Waals surface area contributed by atoms with Gasteiger partial charge in [-0.25, -0.2) is 9.78 Å². The lowest BCUT2D eigenvalue weighted by Gasteiger charge is -2.31. The molecule has 0 saturated carbocycles. The molecule has 0 unspecified atom stereocenters. The van der Waals surface area contributed by atoms with Gasteiger partial charge in [0.1, 0.15) is 11.4 Å². The molecule has 32 heavy (non-hydrogen) atoms. The van der Waals surface area contributed by atoms with E-state index < -0.39 is 16.8 Å². The molecule has 4 aromatic rings. The second-order valence-corrected chi connectivity index (χ2v) is 7.59. The standard InChI is InChI=1S/C14H15N3O2.C10H7NO2/c15-6-8-1-2-9-3-4-17(7-10(9)5-8)12-11(16)13(18)14(12)19;12-10(13)9-8-4-2-1-3-7(8)5-6-11-9/h1-2,5H,3-4,6-7,15-16H2;1-6H,(H,12,13). The number of benzene rings is 2. The zero-order valence-corrected chi connectivity index (χ0v) is 17.2. The molecular weight excluding hydrogens is 408 g/mol. The van der Waals surface area contributed by atoms with Crippen LogP contribution in [0, 0.1) is 0 Å². The number of hydrogen-bond donors (Lipinski definition) is 3. The lowest BCUT2D eigenvalue weighted by Crippen LogP contribution is -2.44. The monoisotopic (exact) mass is 430 g/mol. The van der Waals surface area contributed by atoms with Crippen LogP contribution in [0.25, 0.3) is 10.8 Å². The summed E-state index contributed by atoms with van der Waals surface area (Å²) >= 11 is 0. The van der Waals surface area contributed by atoms with Gasteiger partial charge in [-0.2, -0.15) is 0 Å². The fourth-order valence-electron chi connectivity index (χ4n) is 3.93. The minimum absolute atomic E-state index is 0.100. The van der Waals surface area contributed by atoms with E-state index in [9.17, 15) is 14.4 Å². The molecule has 3 aromatic carbocycles. The van der Waals surface area contributed by atoms with Gasteiger partial charge in [-0.15, -0.1) is 0 Å². The minimum atomic E-state index is -0.989. The van der Waals surface area contributed by atoms with Crippen LogP contribution in [-0.2, 0) is 19.5 Å². The molecule has 0 radical (unpaired) electrons. The summed E-state index contributed by atoms with van der Waals surface area (Å²) in [5.74, 6) is -0.989. The summed E-state index contributed by atoms with van der Waals surface area (Å²) in [5, 5.41) is 10.4. The highest BCUT2D eigenvalue weighted by Gasteiger charge is 2.26. The molecule has 162 valence electrons. The van der Waals surface area contributed by atoms with Crippen molar-refractivity contribution >= 4 is 28.1 Å². The number of aromatic carboxylic acids is 1. The van der Waals surface area contributed by atoms with Crippen molar-refractivity contribution in [2.45, 2.75) is 19.5 Å². The zero-order valence-electron chi connectivity index (χ0n) is 17.2. The first-order valence-corrected chi connectivity index (χ1v) is 10.1. The molecule has 2 heterocycles. The number of carboxylic acids is 1. The predicted octanol–water partition coefficient (Wildman–Crippen LogP) is 1.82. The molecule has 5 N–H and O–H groups in total. The third-order valence-corrected chi connectivity index (χ3v) is 5.63. The number of nitrogens with zero attached hydrogens (tertiary/aromatic N) is 2. The van der Waals surface area contributed by atoms with Crippen LogP contribution in [0.5, 0.6) is 0 Å². The lowest BCUT2D eigenvalue weighted by molar-refractivity contribution is 0.0693. The van der Waals surface area contributed by atoms with Crippen molar-refractivity contribution in [3.63, 3.8) is 0 Å². The molecule has 0 bridgehead atoms. The summed E-state index contributed by atoms with van der Waals surface area (Å²) < 4.78 is 0. The van der Waals surface area contributed by atoms with E-state index in [-0.39, 0.29) is 11.4 Å². The fraction of sp³-hybridized carbons (Fsp3) is 0.167. The Morgan fingerprint density at radius 1 is 1.06 bits per heavy atom. The van der Waals surface area contributed by atoms with Gasteiger partial charge in [0.15, 0.2) is 5.69 Å². The van der Waals surface area contributed by atoms with E-state index in [1.54, 1.807) is 18.2 Å². The number of fused-ring (bicyclic) bond motifs is 2. The Kier molecular flexibility index (Phi) is 5.70. The number of carboxylic acid groups (broad SMARTS) is 1. The van der Waals surface area contributed by atoms with E-state index in [1.165, 1.54) is 11.8 Å². The summed E-state index contributed by atoms with van der Waals surface area (Å²) in [6, 6.07) is 15.3. The van der Waals surface area contributed by atoms with Gasteiger partial charge in [-0.1, -0.05) is 42.5 Å². The lowest BCUT2D eigenvalue weighted by atomic mass is 9.96. The summed E-state index contributed by atoms with van der Waals surface area (Å²) in [6.07, 6.45) is 2.35. The van der Waals surface area contributed by atoms with Crippen LogP contribution in [0.2, 0.25) is 0 Å². The zero-order chi connectivity index (χ0) is 22.8. The summed E-state index contributed by atoms with van der Waals surface area (Å²) in [6.45, 7) is 1.82. The van der Waals surface area contributed by atoms with Crippen LogP contribution in [-0.4, -0.2) is 22.6 Å². The van der Waals surface area contributed by atoms with Crippen LogP contribution >= 0.6 is 0 Å². The van der Waals surface area contributed by atoms with E-state index in [1.807, 2.05) is 23.1 Å². The van der Waals surface area contributed by atoms with Crippen molar-refractivity contribution in [2.24, 2.45) is 5.73 Å².